The predicted octanol–water partition coefficient (Wildman–Crippen LogP) is 5.97. The van der Waals surface area contributed by atoms with Crippen molar-refractivity contribution in [2.45, 2.75) is 91.0 Å². The molecule has 4 heterocycles. The summed E-state index contributed by atoms with van der Waals surface area (Å²) in [5.41, 5.74) is 1.23. The van der Waals surface area contributed by atoms with Crippen LogP contribution in [0, 0.1) is 18.2 Å². The first-order chi connectivity index (χ1) is 35.4. The second-order valence-electron chi connectivity index (χ2n) is 20.0. The van der Waals surface area contributed by atoms with Gasteiger partial charge in [0.2, 0.25) is 23.3 Å². The van der Waals surface area contributed by atoms with Crippen LogP contribution in [0.3, 0.4) is 0 Å². The number of nitrogens with one attached hydrogen (secondary N) is 5. The summed E-state index contributed by atoms with van der Waals surface area (Å²) in [5, 5.41) is 21.4. The number of nitrogens with zero attached hydrogens (tertiary/aromatic N) is 4. The van der Waals surface area contributed by atoms with Gasteiger partial charge in [0.05, 0.1) is 51.3 Å². The number of aromatic nitrogens is 2. The lowest BCUT2D eigenvalue weighted by Gasteiger charge is -2.44. The van der Waals surface area contributed by atoms with Crippen LogP contribution in [0.15, 0.2) is 83.2 Å². The maximum absolute atomic E-state index is 15.9. The lowest BCUT2D eigenvalue weighted by molar-refractivity contribution is -0.144. The monoisotopic (exact) mass is 1060 g/mol. The standard InChI is InChI=1S/C53H61F4N9O8S/c1-29-24-65(25-30(2)64(29)7)42-15-13-34(19-41(42)62-49(71)38-23-59-44(68)21-39(38)53(55,56)57)37-14-12-35(18-40(37)54)48(70)58-16-17-74-27-45(69)63-47(52(4,5)6)51(73)66-26-36(67)20-43(66)50(72)60-22-32-8-10-33(11-9-32)46-31(3)61-28-75-46/h8-15,18-19,21,23,28-30,36,43,47,67H,16-17,20,22,24-27H2,1-7H3,(H,58,70)(H,59,68)(H,60,72)(H,62,71)(H,63,69)/t29-,30+,36-,43+,47?/m1/s1. The van der Waals surface area contributed by atoms with Crippen molar-refractivity contribution in [3.05, 3.63) is 123 Å². The number of benzene rings is 3. The summed E-state index contributed by atoms with van der Waals surface area (Å²) >= 11 is 1.54. The number of likely N-dealkylation sites (tertiary alicyclic amines) is 1. The Morgan fingerprint density at radius 3 is 2.25 bits per heavy atom. The summed E-state index contributed by atoms with van der Waals surface area (Å²) in [4.78, 5) is 92.1. The van der Waals surface area contributed by atoms with Crippen molar-refractivity contribution in [3.8, 4) is 21.6 Å². The number of β-amino-alcohol motifs (C(OH)–C–C–N with tert-alkyl or cyclic N) is 1. The summed E-state index contributed by atoms with van der Waals surface area (Å²) in [6.07, 6.45) is -5.25. The Morgan fingerprint density at radius 1 is 0.920 bits per heavy atom. The third kappa shape index (κ3) is 13.5. The summed E-state index contributed by atoms with van der Waals surface area (Å²) in [6.45, 7) is 11.6. The van der Waals surface area contributed by atoms with Gasteiger partial charge in [-0.1, -0.05) is 57.2 Å². The SMILES string of the molecule is Cc1ncsc1-c1ccc(CNC(=O)[C@@H]2C[C@@H](O)CN2C(=O)C(NC(=O)COCCNC(=O)c2ccc(-c3ccc(N4C[C@@H](C)N(C)[C@@H](C)C4)c(NC(=O)c4c[nH]c(=O)cc4C(F)(F)F)c3)c(F)c2)C(C)(C)C)cc1. The van der Waals surface area contributed by atoms with Gasteiger partial charge in [-0.2, -0.15) is 13.2 Å². The van der Waals surface area contributed by atoms with Gasteiger partial charge in [0, 0.05) is 74.6 Å². The van der Waals surface area contributed by atoms with Crippen LogP contribution in [0.25, 0.3) is 21.6 Å². The smallest absolute Gasteiger partial charge is 0.391 e. The summed E-state index contributed by atoms with van der Waals surface area (Å²) in [6, 6.07) is 14.5. The van der Waals surface area contributed by atoms with Crippen molar-refractivity contribution < 1.29 is 51.4 Å². The number of alkyl halides is 3. The number of H-pyrrole nitrogens is 1. The Kier molecular flexibility index (Phi) is 17.3. The van der Waals surface area contributed by atoms with Gasteiger partial charge in [-0.15, -0.1) is 11.3 Å². The largest absolute Gasteiger partial charge is 0.417 e. The molecule has 2 saturated heterocycles. The topological polar surface area (TPSA) is 218 Å². The van der Waals surface area contributed by atoms with Crippen molar-refractivity contribution in [2.75, 3.05) is 56.7 Å². The van der Waals surface area contributed by atoms with Gasteiger partial charge in [0.15, 0.2) is 0 Å². The highest BCUT2D eigenvalue weighted by Crippen LogP contribution is 2.37. The lowest BCUT2D eigenvalue weighted by atomic mass is 9.85. The number of ether oxygens (including phenoxy) is 1. The second kappa shape index (κ2) is 23.3. The van der Waals surface area contributed by atoms with E-state index in [1.54, 1.807) is 38.4 Å². The molecule has 7 rings (SSSR count). The molecular formula is C53H61F4N9O8S. The van der Waals surface area contributed by atoms with Crippen LogP contribution in [0.1, 0.15) is 78.6 Å². The third-order valence-electron chi connectivity index (χ3n) is 13.4. The highest BCUT2D eigenvalue weighted by atomic mass is 32.1. The van der Waals surface area contributed by atoms with E-state index >= 15 is 4.39 Å². The quantitative estimate of drug-likeness (QED) is 0.0500. The minimum atomic E-state index is -5.01. The molecule has 0 radical (unpaired) electrons. The maximum Gasteiger partial charge on any atom is 0.417 e. The fourth-order valence-electron chi connectivity index (χ4n) is 9.14. The summed E-state index contributed by atoms with van der Waals surface area (Å²) < 4.78 is 63.3. The zero-order valence-electron chi connectivity index (χ0n) is 42.6. The van der Waals surface area contributed by atoms with E-state index in [1.165, 1.54) is 34.4 Å². The average molecular weight is 1060 g/mol. The van der Waals surface area contributed by atoms with Gasteiger partial charge in [-0.25, -0.2) is 9.37 Å². The number of likely N-dealkylation sites (N-methyl/N-ethyl adjacent to an activating group) is 1. The molecule has 2 aliphatic heterocycles. The number of carbonyl (C=O) groups is 5. The zero-order chi connectivity index (χ0) is 54.5. The predicted molar refractivity (Wildman–Crippen MR) is 276 cm³/mol. The molecule has 3 aromatic carbocycles. The number of halogens is 4. The first-order valence-corrected chi connectivity index (χ1v) is 25.2. The number of aryl methyl sites for hydroxylation is 1. The molecule has 22 heteroatoms. The molecule has 75 heavy (non-hydrogen) atoms. The molecule has 17 nitrogen and oxygen atoms in total. The normalized spacial score (nSPS) is 18.6. The van der Waals surface area contributed by atoms with Crippen LogP contribution >= 0.6 is 11.3 Å². The summed E-state index contributed by atoms with van der Waals surface area (Å²) in [5.74, 6) is -4.27. The van der Waals surface area contributed by atoms with E-state index in [2.05, 4.69) is 36.1 Å². The van der Waals surface area contributed by atoms with Crippen LogP contribution in [-0.4, -0.2) is 131 Å². The van der Waals surface area contributed by atoms with Crippen LogP contribution in [0.4, 0.5) is 28.9 Å². The fraction of sp³-hybridized carbons (Fsp3) is 0.415. The molecule has 2 aromatic heterocycles. The molecule has 2 fully saturated rings. The molecular weight excluding hydrogens is 999 g/mol. The number of hydrogen-bond donors (Lipinski definition) is 6. The van der Waals surface area contributed by atoms with Crippen molar-refractivity contribution >= 4 is 52.2 Å². The number of anilines is 2. The van der Waals surface area contributed by atoms with E-state index in [9.17, 15) is 47.0 Å². The van der Waals surface area contributed by atoms with Gasteiger partial charge >= 0.3 is 6.18 Å². The molecule has 5 atom stereocenters. The van der Waals surface area contributed by atoms with E-state index in [1.807, 2.05) is 57.0 Å². The Bertz CT molecular complexity index is 2970. The van der Waals surface area contributed by atoms with Crippen molar-refractivity contribution in [2.24, 2.45) is 5.41 Å². The Morgan fingerprint density at radius 2 is 1.61 bits per heavy atom. The molecule has 5 amide bonds. The van der Waals surface area contributed by atoms with Crippen LogP contribution in [0.5, 0.6) is 0 Å². The number of piperazine rings is 1. The number of aromatic amines is 1. The van der Waals surface area contributed by atoms with E-state index in [4.69, 9.17) is 4.74 Å². The van der Waals surface area contributed by atoms with Crippen molar-refractivity contribution in [1.29, 1.82) is 0 Å². The average Bonchev–Trinajstić information content (AvgIpc) is 3.98. The number of carbonyl (C=O) groups excluding carboxylic acids is 5. The van der Waals surface area contributed by atoms with E-state index < -0.39 is 88.4 Å². The highest BCUT2D eigenvalue weighted by Gasteiger charge is 2.44. The number of aliphatic hydroxyl groups is 1. The molecule has 0 saturated carbocycles. The molecule has 6 N–H and O–H groups in total. The molecule has 1 unspecified atom stereocenters. The van der Waals surface area contributed by atoms with Crippen molar-refractivity contribution in [1.82, 2.24) is 35.7 Å². The van der Waals surface area contributed by atoms with E-state index in [0.29, 0.717) is 31.0 Å². The van der Waals surface area contributed by atoms with Crippen LogP contribution in [-0.2, 0) is 31.8 Å². The molecule has 0 aliphatic carbocycles. The number of pyridine rings is 1. The molecule has 0 bridgehead atoms. The Balaban J connectivity index is 0.936. The van der Waals surface area contributed by atoms with Gasteiger partial charge in [0.1, 0.15) is 24.5 Å². The van der Waals surface area contributed by atoms with Gasteiger partial charge < -0.3 is 45.9 Å². The highest BCUT2D eigenvalue weighted by molar-refractivity contribution is 7.13. The fourth-order valence-corrected chi connectivity index (χ4v) is 9.95. The number of aliphatic hydroxyl groups excluding tert-OH is 1. The lowest BCUT2D eigenvalue weighted by Crippen LogP contribution is -2.58. The number of hydrogen-bond acceptors (Lipinski definition) is 12. The van der Waals surface area contributed by atoms with Gasteiger partial charge in [-0.3, -0.25) is 33.7 Å². The van der Waals surface area contributed by atoms with Crippen LogP contribution in [0.2, 0.25) is 0 Å². The number of thiazole rings is 1. The molecule has 0 spiro atoms. The number of rotatable bonds is 16. The zero-order valence-corrected chi connectivity index (χ0v) is 43.4. The van der Waals surface area contributed by atoms with E-state index in [0.717, 1.165) is 27.8 Å². The van der Waals surface area contributed by atoms with E-state index in [-0.39, 0.29) is 67.1 Å². The second-order valence-corrected chi connectivity index (χ2v) is 20.9. The Labute approximate surface area is 435 Å². The van der Waals surface area contributed by atoms with Crippen LogP contribution < -0.4 is 31.7 Å². The molecule has 2 aliphatic rings. The summed E-state index contributed by atoms with van der Waals surface area (Å²) in [7, 11) is 1.97. The Hall–Kier alpha value is -7.01. The first kappa shape index (κ1) is 55.7. The number of amides is 5. The first-order valence-electron chi connectivity index (χ1n) is 24.3. The minimum absolute atomic E-state index is 0.0189. The van der Waals surface area contributed by atoms with Crippen molar-refractivity contribution in [3.63, 3.8) is 0 Å². The third-order valence-corrected chi connectivity index (χ3v) is 14.4. The van der Waals surface area contributed by atoms with Gasteiger partial charge in [0.25, 0.3) is 11.8 Å². The van der Waals surface area contributed by atoms with Gasteiger partial charge in [-0.05, 0) is 74.2 Å². The molecule has 5 aromatic rings. The molecule has 400 valence electrons. The maximum atomic E-state index is 15.9. The minimum Gasteiger partial charge on any atom is -0.391 e.